The molecule has 0 amide bonds. The number of rotatable bonds is 4. The zero-order valence-corrected chi connectivity index (χ0v) is 12.9. The smallest absolute Gasteiger partial charge is 0.146 e. The van der Waals surface area contributed by atoms with Gasteiger partial charge >= 0.3 is 0 Å². The van der Waals surface area contributed by atoms with E-state index in [4.69, 9.17) is 16.3 Å². The molecule has 5 heteroatoms. The maximum Gasteiger partial charge on any atom is 0.146 e. The topological polar surface area (TPSA) is 24.5 Å². The maximum atomic E-state index is 5.97. The van der Waals surface area contributed by atoms with Gasteiger partial charge in [-0.2, -0.15) is 0 Å². The molecule has 106 valence electrons. The number of thiophene rings is 1. The summed E-state index contributed by atoms with van der Waals surface area (Å²) in [4.78, 5) is 3.55. The van der Waals surface area contributed by atoms with Crippen LogP contribution in [0.15, 0.2) is 30.3 Å². The molecule has 1 aromatic carbocycles. The van der Waals surface area contributed by atoms with Gasteiger partial charge in [-0.25, -0.2) is 0 Å². The fourth-order valence-electron chi connectivity index (χ4n) is 2.41. The van der Waals surface area contributed by atoms with Crippen LogP contribution in [0.2, 0.25) is 4.34 Å². The van der Waals surface area contributed by atoms with Crippen LogP contribution in [0.5, 0.6) is 5.75 Å². The number of para-hydroxylation sites is 1. The van der Waals surface area contributed by atoms with E-state index >= 15 is 0 Å². The first kappa shape index (κ1) is 13.7. The molecule has 1 N–H and O–H groups in total. The minimum atomic E-state index is 0.730. The summed E-state index contributed by atoms with van der Waals surface area (Å²) in [5.41, 5.74) is 2.32. The minimum Gasteiger partial charge on any atom is -0.489 e. The van der Waals surface area contributed by atoms with Crippen molar-refractivity contribution in [3.8, 4) is 5.75 Å². The normalized spacial score (nSPS) is 13.8. The average Bonchev–Trinajstić information content (AvgIpc) is 2.84. The molecule has 0 bridgehead atoms. The van der Waals surface area contributed by atoms with Crippen molar-refractivity contribution in [3.63, 3.8) is 0 Å². The number of hydrogen-bond acceptors (Lipinski definition) is 4. The SMILES string of the molecule is CN(Cc1ccc(Cl)s1)Cc1cccc2c1OCCN2. The van der Waals surface area contributed by atoms with E-state index in [0.717, 1.165) is 42.0 Å². The van der Waals surface area contributed by atoms with E-state index in [9.17, 15) is 0 Å². The third-order valence-electron chi connectivity index (χ3n) is 3.26. The second-order valence-electron chi connectivity index (χ2n) is 4.95. The van der Waals surface area contributed by atoms with Gasteiger partial charge in [0.05, 0.1) is 10.0 Å². The lowest BCUT2D eigenvalue weighted by atomic mass is 10.1. The van der Waals surface area contributed by atoms with Crippen LogP contribution in [0.3, 0.4) is 0 Å². The van der Waals surface area contributed by atoms with E-state index in [1.807, 2.05) is 6.07 Å². The predicted molar refractivity (Wildman–Crippen MR) is 84.9 cm³/mol. The molecule has 0 unspecified atom stereocenters. The van der Waals surface area contributed by atoms with E-state index in [1.54, 1.807) is 11.3 Å². The Morgan fingerprint density at radius 2 is 2.20 bits per heavy atom. The summed E-state index contributed by atoms with van der Waals surface area (Å²) >= 11 is 7.61. The van der Waals surface area contributed by atoms with Crippen LogP contribution < -0.4 is 10.1 Å². The van der Waals surface area contributed by atoms with Crippen molar-refractivity contribution >= 4 is 28.6 Å². The van der Waals surface area contributed by atoms with Gasteiger partial charge in [0.25, 0.3) is 0 Å². The van der Waals surface area contributed by atoms with Gasteiger partial charge in [0.15, 0.2) is 0 Å². The molecular weight excluding hydrogens is 292 g/mol. The number of fused-ring (bicyclic) bond motifs is 1. The molecule has 1 aliphatic rings. The van der Waals surface area contributed by atoms with Crippen molar-refractivity contribution in [2.75, 3.05) is 25.5 Å². The third kappa shape index (κ3) is 3.08. The monoisotopic (exact) mass is 308 g/mol. The highest BCUT2D eigenvalue weighted by atomic mass is 35.5. The van der Waals surface area contributed by atoms with E-state index < -0.39 is 0 Å². The van der Waals surface area contributed by atoms with Crippen molar-refractivity contribution in [2.24, 2.45) is 0 Å². The van der Waals surface area contributed by atoms with Gasteiger partial charge in [-0.15, -0.1) is 11.3 Å². The van der Waals surface area contributed by atoms with Crippen LogP contribution in [-0.4, -0.2) is 25.1 Å². The minimum absolute atomic E-state index is 0.730. The molecule has 20 heavy (non-hydrogen) atoms. The summed E-state index contributed by atoms with van der Waals surface area (Å²) in [5.74, 6) is 0.995. The molecule has 3 rings (SSSR count). The molecule has 1 aliphatic heterocycles. The van der Waals surface area contributed by atoms with Gasteiger partial charge in [-0.1, -0.05) is 23.7 Å². The summed E-state index contributed by atoms with van der Waals surface area (Å²) in [5, 5.41) is 3.37. The van der Waals surface area contributed by atoms with Gasteiger partial charge in [-0.05, 0) is 25.2 Å². The summed E-state index contributed by atoms with van der Waals surface area (Å²) in [6, 6.07) is 10.3. The van der Waals surface area contributed by atoms with E-state index in [1.165, 1.54) is 10.4 Å². The number of hydrogen-bond donors (Lipinski definition) is 1. The molecule has 0 spiro atoms. The lowest BCUT2D eigenvalue weighted by Gasteiger charge is -2.24. The maximum absolute atomic E-state index is 5.97. The molecule has 0 aliphatic carbocycles. The van der Waals surface area contributed by atoms with Crippen LogP contribution in [0.1, 0.15) is 10.4 Å². The quantitative estimate of drug-likeness (QED) is 0.929. The third-order valence-corrected chi connectivity index (χ3v) is 4.47. The Morgan fingerprint density at radius 3 is 3.00 bits per heavy atom. The second kappa shape index (κ2) is 6.04. The number of nitrogens with zero attached hydrogens (tertiary/aromatic N) is 1. The van der Waals surface area contributed by atoms with Crippen molar-refractivity contribution in [1.29, 1.82) is 0 Å². The fourth-order valence-corrected chi connectivity index (χ4v) is 3.58. The van der Waals surface area contributed by atoms with Crippen molar-refractivity contribution in [1.82, 2.24) is 4.90 Å². The lowest BCUT2D eigenvalue weighted by molar-refractivity contribution is 0.292. The van der Waals surface area contributed by atoms with Crippen molar-refractivity contribution in [3.05, 3.63) is 45.1 Å². The van der Waals surface area contributed by atoms with Crippen LogP contribution >= 0.6 is 22.9 Å². The Kier molecular flexibility index (Phi) is 4.15. The average molecular weight is 309 g/mol. The predicted octanol–water partition coefficient (Wildman–Crippen LogP) is 3.84. The summed E-state index contributed by atoms with van der Waals surface area (Å²) in [6.45, 7) is 3.36. The molecule has 1 aromatic heterocycles. The van der Waals surface area contributed by atoms with Crippen LogP contribution in [-0.2, 0) is 13.1 Å². The van der Waals surface area contributed by atoms with Gasteiger partial charge in [-0.3, -0.25) is 4.90 Å². The fraction of sp³-hybridized carbons (Fsp3) is 0.333. The van der Waals surface area contributed by atoms with Gasteiger partial charge in [0.2, 0.25) is 0 Å². The molecule has 0 atom stereocenters. The summed E-state index contributed by atoms with van der Waals surface area (Å²) < 4.78 is 6.65. The molecule has 0 saturated heterocycles. The van der Waals surface area contributed by atoms with Gasteiger partial charge < -0.3 is 10.1 Å². The first-order valence-electron chi connectivity index (χ1n) is 6.64. The van der Waals surface area contributed by atoms with Crippen molar-refractivity contribution in [2.45, 2.75) is 13.1 Å². The Balaban J connectivity index is 1.71. The largest absolute Gasteiger partial charge is 0.489 e. The number of halogens is 1. The van der Waals surface area contributed by atoms with E-state index in [0.29, 0.717) is 0 Å². The number of nitrogens with one attached hydrogen (secondary N) is 1. The molecule has 0 saturated carbocycles. The highest BCUT2D eigenvalue weighted by Crippen LogP contribution is 2.32. The van der Waals surface area contributed by atoms with Crippen LogP contribution in [0.4, 0.5) is 5.69 Å². The Morgan fingerprint density at radius 1 is 1.30 bits per heavy atom. The highest BCUT2D eigenvalue weighted by molar-refractivity contribution is 7.16. The molecule has 0 fully saturated rings. The van der Waals surface area contributed by atoms with E-state index in [-0.39, 0.29) is 0 Å². The first-order valence-corrected chi connectivity index (χ1v) is 7.83. The first-order chi connectivity index (χ1) is 9.72. The molecular formula is C15H17ClN2OS. The lowest BCUT2D eigenvalue weighted by Crippen LogP contribution is -2.22. The zero-order valence-electron chi connectivity index (χ0n) is 11.4. The van der Waals surface area contributed by atoms with Gasteiger partial charge in [0, 0.05) is 30.1 Å². The summed E-state index contributed by atoms with van der Waals surface area (Å²) in [7, 11) is 2.11. The zero-order chi connectivity index (χ0) is 13.9. The van der Waals surface area contributed by atoms with Crippen LogP contribution in [0.25, 0.3) is 0 Å². The Labute approximate surface area is 128 Å². The van der Waals surface area contributed by atoms with E-state index in [2.05, 4.69) is 41.5 Å². The molecule has 2 heterocycles. The number of benzene rings is 1. The highest BCUT2D eigenvalue weighted by Gasteiger charge is 2.15. The molecule has 2 aromatic rings. The summed E-state index contributed by atoms with van der Waals surface area (Å²) in [6.07, 6.45) is 0. The number of ether oxygens (including phenoxy) is 1. The van der Waals surface area contributed by atoms with Gasteiger partial charge in [0.1, 0.15) is 12.4 Å². The Hall–Kier alpha value is -1.23. The van der Waals surface area contributed by atoms with Crippen LogP contribution in [0, 0.1) is 0 Å². The standard InChI is InChI=1S/C15H17ClN2OS/c1-18(10-12-5-6-14(16)20-12)9-11-3-2-4-13-15(11)19-8-7-17-13/h2-6,17H,7-10H2,1H3. The Bertz CT molecular complexity index is 599. The molecule has 0 radical (unpaired) electrons. The molecule has 3 nitrogen and oxygen atoms in total. The second-order valence-corrected chi connectivity index (χ2v) is 6.75. The van der Waals surface area contributed by atoms with Crippen molar-refractivity contribution < 1.29 is 4.74 Å². The number of anilines is 1.